The zero-order valence-corrected chi connectivity index (χ0v) is 14.4. The smallest absolute Gasteiger partial charge is 0.254 e. The molecule has 132 valence electrons. The molecule has 0 bridgehead atoms. The molecule has 2 N–H and O–H groups in total. The second-order valence-corrected chi connectivity index (χ2v) is 7.31. The summed E-state index contributed by atoms with van der Waals surface area (Å²) in [5.41, 5.74) is 0.979. The van der Waals surface area contributed by atoms with E-state index in [1.165, 1.54) is 0 Å². The average Bonchev–Trinajstić information content (AvgIpc) is 3.09. The number of para-hydroxylation sites is 1. The lowest BCUT2D eigenvalue weighted by Gasteiger charge is -2.27. The Bertz CT molecular complexity index is 576. The summed E-state index contributed by atoms with van der Waals surface area (Å²) in [7, 11) is 1.77. The van der Waals surface area contributed by atoms with Crippen molar-refractivity contribution in [2.75, 3.05) is 13.7 Å². The molecule has 0 aromatic heterocycles. The summed E-state index contributed by atoms with van der Waals surface area (Å²) in [5.74, 6) is 1.44. The van der Waals surface area contributed by atoms with Crippen LogP contribution in [-0.4, -0.2) is 52.9 Å². The monoisotopic (exact) mass is 333 g/mol. The lowest BCUT2D eigenvalue weighted by atomic mass is 10.0. The fraction of sp³-hybridized carbons (Fsp3) is 0.632. The number of hydrogen-bond donors (Lipinski definition) is 2. The van der Waals surface area contributed by atoms with Crippen molar-refractivity contribution in [2.24, 2.45) is 11.8 Å². The minimum absolute atomic E-state index is 0.0354. The zero-order chi connectivity index (χ0) is 17.3. The van der Waals surface area contributed by atoms with Gasteiger partial charge in [0, 0.05) is 13.1 Å². The first kappa shape index (κ1) is 17.2. The minimum atomic E-state index is -1.15. The highest BCUT2D eigenvalue weighted by atomic mass is 16.5. The van der Waals surface area contributed by atoms with Gasteiger partial charge in [-0.25, -0.2) is 0 Å². The van der Waals surface area contributed by atoms with E-state index in [0.717, 1.165) is 31.2 Å². The first-order valence-corrected chi connectivity index (χ1v) is 8.77. The Morgan fingerprint density at radius 3 is 2.50 bits per heavy atom. The van der Waals surface area contributed by atoms with E-state index in [1.54, 1.807) is 11.9 Å². The van der Waals surface area contributed by atoms with Crippen LogP contribution < -0.4 is 4.74 Å². The number of ether oxygens (including phenoxy) is 1. The Hall–Kier alpha value is -1.59. The van der Waals surface area contributed by atoms with Crippen LogP contribution in [0.1, 0.15) is 31.2 Å². The van der Waals surface area contributed by atoms with Crippen molar-refractivity contribution >= 4 is 5.91 Å². The summed E-state index contributed by atoms with van der Waals surface area (Å²) in [6.45, 7) is 1.90. The number of rotatable bonds is 5. The largest absolute Gasteiger partial charge is 0.490 e. The fourth-order valence-electron chi connectivity index (χ4n) is 4.24. The van der Waals surface area contributed by atoms with E-state index in [2.05, 4.69) is 0 Å². The van der Waals surface area contributed by atoms with Gasteiger partial charge in [-0.15, -0.1) is 0 Å². The van der Waals surface area contributed by atoms with Gasteiger partial charge in [-0.1, -0.05) is 18.2 Å². The summed E-state index contributed by atoms with van der Waals surface area (Å²) in [4.78, 5) is 14.1. The highest BCUT2D eigenvalue weighted by Crippen LogP contribution is 2.45. The molecule has 0 aliphatic heterocycles. The average molecular weight is 333 g/mol. The van der Waals surface area contributed by atoms with Crippen LogP contribution >= 0.6 is 0 Å². The zero-order valence-electron chi connectivity index (χ0n) is 14.4. The summed E-state index contributed by atoms with van der Waals surface area (Å²) < 4.78 is 5.59. The van der Waals surface area contributed by atoms with E-state index in [-0.39, 0.29) is 24.7 Å². The van der Waals surface area contributed by atoms with Gasteiger partial charge < -0.3 is 19.8 Å². The summed E-state index contributed by atoms with van der Waals surface area (Å²) in [6.07, 6.45) is 2.23. The molecular weight excluding hydrogens is 306 g/mol. The third-order valence-electron chi connectivity index (χ3n) is 5.64. The Morgan fingerprint density at radius 1 is 1.25 bits per heavy atom. The molecule has 2 saturated carbocycles. The first-order chi connectivity index (χ1) is 11.5. The van der Waals surface area contributed by atoms with E-state index < -0.39 is 6.10 Å². The van der Waals surface area contributed by atoms with Gasteiger partial charge in [-0.2, -0.15) is 0 Å². The Balaban J connectivity index is 1.51. The summed E-state index contributed by atoms with van der Waals surface area (Å²) >= 11 is 0. The molecule has 0 saturated heterocycles. The number of benzene rings is 1. The molecule has 1 amide bonds. The van der Waals surface area contributed by atoms with Crippen molar-refractivity contribution in [3.05, 3.63) is 29.8 Å². The number of aliphatic hydroxyl groups is 2. The van der Waals surface area contributed by atoms with Gasteiger partial charge in [0.1, 0.15) is 12.4 Å². The van der Waals surface area contributed by atoms with Crippen molar-refractivity contribution in [1.29, 1.82) is 0 Å². The third kappa shape index (κ3) is 3.57. The fourth-order valence-corrected chi connectivity index (χ4v) is 4.24. The second kappa shape index (κ2) is 7.11. The Kier molecular flexibility index (Phi) is 5.11. The number of amides is 1. The maximum absolute atomic E-state index is 12.5. The van der Waals surface area contributed by atoms with E-state index in [0.29, 0.717) is 17.6 Å². The van der Waals surface area contributed by atoms with Gasteiger partial charge in [0.25, 0.3) is 5.91 Å². The van der Waals surface area contributed by atoms with Gasteiger partial charge in [-0.3, -0.25) is 4.79 Å². The lowest BCUT2D eigenvalue weighted by molar-refractivity contribution is -0.142. The molecule has 5 heteroatoms. The van der Waals surface area contributed by atoms with Crippen molar-refractivity contribution in [2.45, 2.75) is 50.9 Å². The minimum Gasteiger partial charge on any atom is -0.490 e. The quantitative estimate of drug-likeness (QED) is 0.861. The first-order valence-electron chi connectivity index (χ1n) is 8.77. The molecule has 3 unspecified atom stereocenters. The molecule has 5 atom stereocenters. The highest BCUT2D eigenvalue weighted by Gasteiger charge is 2.43. The van der Waals surface area contributed by atoms with Crippen LogP contribution in [0.3, 0.4) is 0 Å². The number of carbonyl (C=O) groups is 1. The predicted octanol–water partition coefficient (Wildman–Crippen LogP) is 1.74. The molecule has 0 heterocycles. The van der Waals surface area contributed by atoms with Crippen molar-refractivity contribution < 1.29 is 19.7 Å². The van der Waals surface area contributed by atoms with E-state index in [4.69, 9.17) is 4.74 Å². The third-order valence-corrected chi connectivity index (χ3v) is 5.64. The molecule has 3 rings (SSSR count). The van der Waals surface area contributed by atoms with Crippen LogP contribution in [0, 0.1) is 18.8 Å². The molecule has 2 aliphatic rings. The maximum atomic E-state index is 12.5. The van der Waals surface area contributed by atoms with Crippen LogP contribution in [-0.2, 0) is 4.79 Å². The summed E-state index contributed by atoms with van der Waals surface area (Å²) in [6, 6.07) is 7.72. The van der Waals surface area contributed by atoms with Crippen LogP contribution in [0.4, 0.5) is 0 Å². The van der Waals surface area contributed by atoms with E-state index in [1.807, 2.05) is 31.2 Å². The normalized spacial score (nSPS) is 30.0. The predicted molar refractivity (Wildman–Crippen MR) is 90.7 cm³/mol. The molecule has 0 spiro atoms. The van der Waals surface area contributed by atoms with Gasteiger partial charge in [0.05, 0.1) is 6.10 Å². The van der Waals surface area contributed by atoms with Gasteiger partial charge in [0.15, 0.2) is 6.10 Å². The maximum Gasteiger partial charge on any atom is 0.254 e. The SMILES string of the molecule is Cc1ccccc1OCC(O)C(=O)N(C)C1C[C@H]2CC(O)C[C@H]2C1. The molecule has 2 fully saturated rings. The number of aryl methyl sites for hydroxylation is 1. The molecule has 2 aliphatic carbocycles. The molecule has 5 nitrogen and oxygen atoms in total. The molecule has 1 aromatic rings. The standard InChI is InChI=1S/C19H27NO4/c1-12-5-3-4-6-18(12)24-11-17(22)19(23)20(2)15-7-13-9-16(21)10-14(13)8-15/h3-6,13-17,21-22H,7-11H2,1-2H3/t13-,14+,15?,16?,17?. The van der Waals surface area contributed by atoms with Crippen LogP contribution in [0.5, 0.6) is 5.75 Å². The van der Waals surface area contributed by atoms with Crippen molar-refractivity contribution in [3.8, 4) is 5.75 Å². The van der Waals surface area contributed by atoms with Gasteiger partial charge in [0.2, 0.25) is 0 Å². The number of aliphatic hydroxyl groups excluding tert-OH is 2. The van der Waals surface area contributed by atoms with E-state index in [9.17, 15) is 15.0 Å². The topological polar surface area (TPSA) is 70.0 Å². The van der Waals surface area contributed by atoms with Crippen molar-refractivity contribution in [3.63, 3.8) is 0 Å². The van der Waals surface area contributed by atoms with Gasteiger partial charge in [-0.05, 0) is 56.1 Å². The number of carbonyl (C=O) groups excluding carboxylic acids is 1. The Labute approximate surface area is 143 Å². The number of nitrogens with zero attached hydrogens (tertiary/aromatic N) is 1. The Morgan fingerprint density at radius 2 is 1.88 bits per heavy atom. The number of fused-ring (bicyclic) bond motifs is 1. The molecular formula is C19H27NO4. The van der Waals surface area contributed by atoms with Crippen LogP contribution in [0.25, 0.3) is 0 Å². The van der Waals surface area contributed by atoms with Crippen molar-refractivity contribution in [1.82, 2.24) is 4.90 Å². The lowest BCUT2D eigenvalue weighted by Crippen LogP contribution is -2.44. The van der Waals surface area contributed by atoms with E-state index >= 15 is 0 Å². The molecule has 0 radical (unpaired) electrons. The summed E-state index contributed by atoms with van der Waals surface area (Å²) in [5, 5.41) is 19.9. The number of likely N-dealkylation sites (N-methyl/N-ethyl adjacent to an activating group) is 1. The second-order valence-electron chi connectivity index (χ2n) is 7.31. The van der Waals surface area contributed by atoms with Gasteiger partial charge >= 0.3 is 0 Å². The molecule has 24 heavy (non-hydrogen) atoms. The molecule has 1 aromatic carbocycles. The van der Waals surface area contributed by atoms with Crippen LogP contribution in [0.2, 0.25) is 0 Å². The number of hydrogen-bond acceptors (Lipinski definition) is 4. The van der Waals surface area contributed by atoms with Crippen LogP contribution in [0.15, 0.2) is 24.3 Å². The highest BCUT2D eigenvalue weighted by molar-refractivity contribution is 5.81.